The second kappa shape index (κ2) is 5.56. The topological polar surface area (TPSA) is 79.3 Å². The summed E-state index contributed by atoms with van der Waals surface area (Å²) >= 11 is 5.60. The lowest BCUT2D eigenvalue weighted by atomic mass is 10.2. The number of hydrogen-bond acceptors (Lipinski definition) is 4. The van der Waals surface area contributed by atoms with Gasteiger partial charge in [-0.2, -0.15) is 0 Å². The van der Waals surface area contributed by atoms with Crippen molar-refractivity contribution in [2.45, 2.75) is 11.4 Å². The molecule has 2 aromatic rings. The van der Waals surface area contributed by atoms with Gasteiger partial charge in [0.25, 0.3) is 0 Å². The number of phenolic OH excluding ortho intramolecular Hbond substituents is 1. The molecule has 0 spiro atoms. The monoisotopic (exact) mass is 298 g/mol. The first kappa shape index (κ1) is 13.8. The highest BCUT2D eigenvalue weighted by molar-refractivity contribution is 7.89. The first-order chi connectivity index (χ1) is 8.99. The molecule has 2 N–H and O–H groups in total. The molecule has 0 bridgehead atoms. The number of aromatic nitrogens is 1. The average molecular weight is 299 g/mol. The van der Waals surface area contributed by atoms with Crippen LogP contribution in [0.4, 0.5) is 0 Å². The van der Waals surface area contributed by atoms with Gasteiger partial charge in [-0.25, -0.2) is 18.1 Å². The summed E-state index contributed by atoms with van der Waals surface area (Å²) in [6.45, 7) is -0.00235. The van der Waals surface area contributed by atoms with Crippen molar-refractivity contribution in [2.75, 3.05) is 0 Å². The van der Waals surface area contributed by atoms with Gasteiger partial charge in [-0.05, 0) is 18.2 Å². The third kappa shape index (κ3) is 3.44. The van der Waals surface area contributed by atoms with E-state index < -0.39 is 10.0 Å². The van der Waals surface area contributed by atoms with Crippen molar-refractivity contribution >= 4 is 21.6 Å². The highest BCUT2D eigenvalue weighted by atomic mass is 35.5. The number of nitrogens with zero attached hydrogens (tertiary/aromatic N) is 1. The Morgan fingerprint density at radius 3 is 2.58 bits per heavy atom. The van der Waals surface area contributed by atoms with E-state index in [2.05, 4.69) is 9.71 Å². The molecule has 0 amide bonds. The predicted molar refractivity (Wildman–Crippen MR) is 71.4 cm³/mol. The third-order valence-electron chi connectivity index (χ3n) is 2.45. The highest BCUT2D eigenvalue weighted by Crippen LogP contribution is 2.16. The Labute approximate surface area is 115 Å². The summed E-state index contributed by atoms with van der Waals surface area (Å²) in [6.07, 6.45) is 1.18. The molecule has 0 fully saturated rings. The van der Waals surface area contributed by atoms with E-state index in [1.807, 2.05) is 0 Å². The molecule has 2 rings (SSSR count). The summed E-state index contributed by atoms with van der Waals surface area (Å²) in [5.74, 6) is 0.0411. The second-order valence-corrected chi connectivity index (χ2v) is 5.92. The number of nitrogens with one attached hydrogen (secondary N) is 1. The zero-order chi connectivity index (χ0) is 13.9. The summed E-state index contributed by atoms with van der Waals surface area (Å²) in [4.78, 5) is 3.74. The van der Waals surface area contributed by atoms with E-state index >= 15 is 0 Å². The van der Waals surface area contributed by atoms with Crippen LogP contribution in [0, 0.1) is 0 Å². The van der Waals surface area contributed by atoms with Crippen LogP contribution in [0.3, 0.4) is 0 Å². The van der Waals surface area contributed by atoms with Crippen molar-refractivity contribution in [2.24, 2.45) is 0 Å². The fourth-order valence-electron chi connectivity index (χ4n) is 1.44. The molecule has 0 atom stereocenters. The lowest BCUT2D eigenvalue weighted by molar-refractivity contribution is 0.467. The molecule has 0 aliphatic carbocycles. The van der Waals surface area contributed by atoms with Crippen LogP contribution in [0.2, 0.25) is 5.15 Å². The van der Waals surface area contributed by atoms with Crippen LogP contribution >= 0.6 is 11.6 Å². The van der Waals surface area contributed by atoms with Crippen LogP contribution in [-0.2, 0) is 16.6 Å². The van der Waals surface area contributed by atoms with Crippen molar-refractivity contribution in [3.63, 3.8) is 0 Å². The number of pyridine rings is 1. The van der Waals surface area contributed by atoms with Gasteiger partial charge in [-0.1, -0.05) is 29.8 Å². The number of rotatable bonds is 4. The highest BCUT2D eigenvalue weighted by Gasteiger charge is 2.14. The molecular weight excluding hydrogens is 288 g/mol. The minimum absolute atomic E-state index is 0.00235. The molecule has 1 heterocycles. The molecular formula is C12H11ClN2O3S. The molecule has 5 nitrogen and oxygen atoms in total. The van der Waals surface area contributed by atoms with E-state index in [0.29, 0.717) is 5.56 Å². The number of para-hydroxylation sites is 1. The number of phenols is 1. The van der Waals surface area contributed by atoms with Gasteiger partial charge in [0.05, 0.1) is 0 Å². The van der Waals surface area contributed by atoms with Gasteiger partial charge in [0.2, 0.25) is 10.0 Å². The fourth-order valence-corrected chi connectivity index (χ4v) is 2.50. The van der Waals surface area contributed by atoms with E-state index in [4.69, 9.17) is 11.6 Å². The lowest BCUT2D eigenvalue weighted by Gasteiger charge is -2.07. The van der Waals surface area contributed by atoms with E-state index in [1.165, 1.54) is 24.4 Å². The van der Waals surface area contributed by atoms with Crippen LogP contribution in [-0.4, -0.2) is 18.5 Å². The van der Waals surface area contributed by atoms with Gasteiger partial charge < -0.3 is 5.11 Å². The molecule has 0 aliphatic rings. The van der Waals surface area contributed by atoms with E-state index in [1.54, 1.807) is 18.2 Å². The molecule has 100 valence electrons. The SMILES string of the molecule is O=S(=O)(NCc1ccccc1O)c1ccc(Cl)nc1. The zero-order valence-corrected chi connectivity index (χ0v) is 11.3. The Balaban J connectivity index is 2.14. The smallest absolute Gasteiger partial charge is 0.242 e. The van der Waals surface area contributed by atoms with Crippen LogP contribution in [0.15, 0.2) is 47.5 Å². The van der Waals surface area contributed by atoms with Crippen LogP contribution in [0.1, 0.15) is 5.56 Å². The molecule has 0 aliphatic heterocycles. The number of sulfonamides is 1. The van der Waals surface area contributed by atoms with E-state index in [-0.39, 0.29) is 22.3 Å². The summed E-state index contributed by atoms with van der Waals surface area (Å²) < 4.78 is 26.3. The Hall–Kier alpha value is -1.63. The number of benzene rings is 1. The van der Waals surface area contributed by atoms with Gasteiger partial charge >= 0.3 is 0 Å². The normalized spacial score (nSPS) is 11.4. The Bertz CT molecular complexity index is 672. The van der Waals surface area contributed by atoms with Crippen LogP contribution < -0.4 is 4.72 Å². The molecule has 0 saturated heterocycles. The molecule has 0 radical (unpaired) electrons. The van der Waals surface area contributed by atoms with Gasteiger partial charge in [-0.15, -0.1) is 0 Å². The predicted octanol–water partition coefficient (Wildman–Crippen LogP) is 1.92. The maximum Gasteiger partial charge on any atom is 0.242 e. The summed E-state index contributed by atoms with van der Waals surface area (Å²) in [7, 11) is -3.67. The molecule has 0 unspecified atom stereocenters. The van der Waals surface area contributed by atoms with Crippen LogP contribution in [0.5, 0.6) is 5.75 Å². The Morgan fingerprint density at radius 2 is 1.95 bits per heavy atom. The maximum absolute atomic E-state index is 12.0. The maximum atomic E-state index is 12.0. The Kier molecular flexibility index (Phi) is 4.04. The van der Waals surface area contributed by atoms with Gasteiger partial charge in [0, 0.05) is 18.3 Å². The average Bonchev–Trinajstić information content (AvgIpc) is 2.38. The quantitative estimate of drug-likeness (QED) is 0.845. The van der Waals surface area contributed by atoms with E-state index in [9.17, 15) is 13.5 Å². The summed E-state index contributed by atoms with van der Waals surface area (Å²) in [5, 5.41) is 9.77. The van der Waals surface area contributed by atoms with Crippen molar-refractivity contribution < 1.29 is 13.5 Å². The van der Waals surface area contributed by atoms with Crippen molar-refractivity contribution in [1.82, 2.24) is 9.71 Å². The number of halogens is 1. The third-order valence-corrected chi connectivity index (χ3v) is 4.06. The Morgan fingerprint density at radius 1 is 1.21 bits per heavy atom. The van der Waals surface area contributed by atoms with Gasteiger partial charge in [0.15, 0.2) is 0 Å². The summed E-state index contributed by atoms with van der Waals surface area (Å²) in [6, 6.07) is 9.27. The molecule has 19 heavy (non-hydrogen) atoms. The minimum Gasteiger partial charge on any atom is -0.508 e. The van der Waals surface area contributed by atoms with Gasteiger partial charge in [0.1, 0.15) is 15.8 Å². The first-order valence-electron chi connectivity index (χ1n) is 5.37. The number of aromatic hydroxyl groups is 1. The minimum atomic E-state index is -3.67. The second-order valence-electron chi connectivity index (χ2n) is 3.77. The van der Waals surface area contributed by atoms with Crippen molar-refractivity contribution in [3.05, 3.63) is 53.3 Å². The van der Waals surface area contributed by atoms with Gasteiger partial charge in [-0.3, -0.25) is 0 Å². The van der Waals surface area contributed by atoms with Crippen molar-refractivity contribution in [3.8, 4) is 5.75 Å². The molecule has 7 heteroatoms. The molecule has 1 aromatic heterocycles. The van der Waals surface area contributed by atoms with Crippen LogP contribution in [0.25, 0.3) is 0 Å². The largest absolute Gasteiger partial charge is 0.508 e. The standard InChI is InChI=1S/C12H11ClN2O3S/c13-12-6-5-10(8-14-12)19(17,18)15-7-9-3-1-2-4-11(9)16/h1-6,8,15-16H,7H2. The lowest BCUT2D eigenvalue weighted by Crippen LogP contribution is -2.23. The van der Waals surface area contributed by atoms with Crippen molar-refractivity contribution in [1.29, 1.82) is 0 Å². The van der Waals surface area contributed by atoms with E-state index in [0.717, 1.165) is 0 Å². The first-order valence-corrected chi connectivity index (χ1v) is 7.23. The molecule has 0 saturated carbocycles. The molecule has 1 aromatic carbocycles. The fraction of sp³-hybridized carbons (Fsp3) is 0.0833. The number of hydrogen-bond donors (Lipinski definition) is 2. The zero-order valence-electron chi connectivity index (χ0n) is 9.75. The summed E-state index contributed by atoms with van der Waals surface area (Å²) in [5.41, 5.74) is 0.494.